The summed E-state index contributed by atoms with van der Waals surface area (Å²) < 4.78 is 4.70. The van der Waals surface area contributed by atoms with Crippen molar-refractivity contribution >= 4 is 29.2 Å². The molecule has 14 heavy (non-hydrogen) atoms. The number of aromatic nitrogens is 3. The summed E-state index contributed by atoms with van der Waals surface area (Å²) in [6.45, 7) is 2.02. The molecule has 1 heterocycles. The molecule has 0 unspecified atom stereocenters. The SMILES string of the molecule is CCOC(=O)Cc1nc(Cl)nc(Cl)n1. The van der Waals surface area contributed by atoms with Gasteiger partial charge in [0.2, 0.25) is 10.6 Å². The highest BCUT2D eigenvalue weighted by molar-refractivity contribution is 6.31. The number of nitrogens with zero attached hydrogens (tertiary/aromatic N) is 3. The van der Waals surface area contributed by atoms with Gasteiger partial charge in [-0.05, 0) is 30.1 Å². The molecule has 0 aliphatic heterocycles. The first-order valence-electron chi connectivity index (χ1n) is 3.83. The molecule has 1 aromatic heterocycles. The Morgan fingerprint density at radius 1 is 1.29 bits per heavy atom. The number of hydrogen-bond acceptors (Lipinski definition) is 5. The predicted molar refractivity (Wildman–Crippen MR) is 50.2 cm³/mol. The average Bonchev–Trinajstić information content (AvgIpc) is 2.01. The van der Waals surface area contributed by atoms with Gasteiger partial charge in [0.25, 0.3) is 0 Å². The molecule has 0 spiro atoms. The number of esters is 1. The molecule has 0 fully saturated rings. The van der Waals surface area contributed by atoms with Crippen molar-refractivity contribution in [2.75, 3.05) is 6.61 Å². The molecule has 0 amide bonds. The van der Waals surface area contributed by atoms with Gasteiger partial charge in [-0.3, -0.25) is 4.79 Å². The fraction of sp³-hybridized carbons (Fsp3) is 0.429. The van der Waals surface area contributed by atoms with Gasteiger partial charge in [-0.25, -0.2) is 9.97 Å². The summed E-state index contributed by atoms with van der Waals surface area (Å²) in [4.78, 5) is 22.0. The van der Waals surface area contributed by atoms with E-state index in [9.17, 15) is 4.79 Å². The smallest absolute Gasteiger partial charge is 0.313 e. The maximum Gasteiger partial charge on any atom is 0.313 e. The van der Waals surface area contributed by atoms with E-state index < -0.39 is 5.97 Å². The van der Waals surface area contributed by atoms with Crippen molar-refractivity contribution in [2.45, 2.75) is 13.3 Å². The lowest BCUT2D eigenvalue weighted by atomic mass is 10.4. The monoisotopic (exact) mass is 235 g/mol. The fourth-order valence-electron chi connectivity index (χ4n) is 0.784. The van der Waals surface area contributed by atoms with Crippen LogP contribution in [0.3, 0.4) is 0 Å². The molecular weight excluding hydrogens is 229 g/mol. The third-order valence-corrected chi connectivity index (χ3v) is 1.57. The minimum Gasteiger partial charge on any atom is -0.466 e. The van der Waals surface area contributed by atoms with Crippen LogP contribution in [0.1, 0.15) is 12.7 Å². The number of ether oxygens (including phenoxy) is 1. The summed E-state index contributed by atoms with van der Waals surface area (Å²) >= 11 is 11.0. The minimum absolute atomic E-state index is 0.0377. The standard InChI is InChI=1S/C7H7Cl2N3O2/c1-2-14-5(13)3-4-10-6(8)12-7(9)11-4/h2-3H2,1H3. The van der Waals surface area contributed by atoms with Crippen molar-refractivity contribution in [3.05, 3.63) is 16.4 Å². The summed E-state index contributed by atoms with van der Waals surface area (Å²) in [5, 5.41) is -0.0754. The zero-order chi connectivity index (χ0) is 10.6. The first kappa shape index (κ1) is 11.1. The number of rotatable bonds is 3. The third kappa shape index (κ3) is 3.43. The van der Waals surface area contributed by atoms with Gasteiger partial charge in [0.05, 0.1) is 6.61 Å². The van der Waals surface area contributed by atoms with Crippen molar-refractivity contribution in [3.8, 4) is 0 Å². The minimum atomic E-state index is -0.425. The van der Waals surface area contributed by atoms with Gasteiger partial charge < -0.3 is 4.74 Å². The Labute approximate surface area is 90.4 Å². The topological polar surface area (TPSA) is 65.0 Å². The number of hydrogen-bond donors (Lipinski definition) is 0. The van der Waals surface area contributed by atoms with Crippen LogP contribution in [0.25, 0.3) is 0 Å². The molecule has 76 valence electrons. The summed E-state index contributed by atoms with van der Waals surface area (Å²) in [6.07, 6.45) is -0.0597. The summed E-state index contributed by atoms with van der Waals surface area (Å²) in [6, 6.07) is 0. The fourth-order valence-corrected chi connectivity index (χ4v) is 1.18. The van der Waals surface area contributed by atoms with Crippen LogP contribution < -0.4 is 0 Å². The Morgan fingerprint density at radius 2 is 1.86 bits per heavy atom. The highest BCUT2D eigenvalue weighted by atomic mass is 35.5. The van der Waals surface area contributed by atoms with Gasteiger partial charge in [0.1, 0.15) is 12.2 Å². The van der Waals surface area contributed by atoms with Gasteiger partial charge in [-0.2, -0.15) is 4.98 Å². The molecule has 1 aromatic rings. The molecule has 0 saturated heterocycles. The van der Waals surface area contributed by atoms with Gasteiger partial charge in [-0.15, -0.1) is 0 Å². The maximum absolute atomic E-state index is 11.0. The van der Waals surface area contributed by atoms with Gasteiger partial charge in [0, 0.05) is 0 Å². The maximum atomic E-state index is 11.0. The highest BCUT2D eigenvalue weighted by Crippen LogP contribution is 2.06. The molecule has 0 radical (unpaired) electrons. The van der Waals surface area contributed by atoms with Crippen LogP contribution >= 0.6 is 23.2 Å². The third-order valence-electron chi connectivity index (χ3n) is 1.23. The lowest BCUT2D eigenvalue weighted by Crippen LogP contribution is -2.10. The second-order valence-electron chi connectivity index (χ2n) is 2.27. The zero-order valence-electron chi connectivity index (χ0n) is 7.33. The number of carbonyl (C=O) groups is 1. The quantitative estimate of drug-likeness (QED) is 0.739. The van der Waals surface area contributed by atoms with E-state index in [1.54, 1.807) is 6.92 Å². The van der Waals surface area contributed by atoms with Gasteiger partial charge in [-0.1, -0.05) is 0 Å². The van der Waals surface area contributed by atoms with E-state index in [0.29, 0.717) is 6.61 Å². The molecule has 0 aromatic carbocycles. The van der Waals surface area contributed by atoms with E-state index in [0.717, 1.165) is 0 Å². The molecule has 0 bridgehead atoms. The molecule has 0 aliphatic carbocycles. The molecule has 7 heteroatoms. The van der Waals surface area contributed by atoms with Crippen molar-refractivity contribution < 1.29 is 9.53 Å². The normalized spacial score (nSPS) is 9.93. The molecule has 0 aliphatic rings. The van der Waals surface area contributed by atoms with Crippen molar-refractivity contribution in [2.24, 2.45) is 0 Å². The lowest BCUT2D eigenvalue weighted by molar-refractivity contribution is -0.142. The van der Waals surface area contributed by atoms with Crippen LogP contribution in [0.5, 0.6) is 0 Å². The van der Waals surface area contributed by atoms with Gasteiger partial charge in [0.15, 0.2) is 0 Å². The molecule has 0 N–H and O–H groups in total. The van der Waals surface area contributed by atoms with E-state index in [2.05, 4.69) is 15.0 Å². The molecule has 0 atom stereocenters. The first-order chi connectivity index (χ1) is 6.61. The second kappa shape index (κ2) is 5.07. The first-order valence-corrected chi connectivity index (χ1v) is 4.59. The molecule has 5 nitrogen and oxygen atoms in total. The Hall–Kier alpha value is -0.940. The van der Waals surface area contributed by atoms with E-state index >= 15 is 0 Å². The Morgan fingerprint density at radius 3 is 2.36 bits per heavy atom. The summed E-state index contributed by atoms with van der Waals surface area (Å²) in [5.41, 5.74) is 0. The van der Waals surface area contributed by atoms with Gasteiger partial charge >= 0.3 is 5.97 Å². The Kier molecular flexibility index (Phi) is 4.03. The van der Waals surface area contributed by atoms with Crippen LogP contribution in [0, 0.1) is 0 Å². The van der Waals surface area contributed by atoms with Crippen LogP contribution in [-0.2, 0) is 16.0 Å². The van der Waals surface area contributed by atoms with Crippen LogP contribution in [0.15, 0.2) is 0 Å². The molecule has 0 saturated carbocycles. The Balaban J connectivity index is 2.71. The van der Waals surface area contributed by atoms with E-state index in [-0.39, 0.29) is 22.8 Å². The lowest BCUT2D eigenvalue weighted by Gasteiger charge is -2.00. The highest BCUT2D eigenvalue weighted by Gasteiger charge is 2.09. The van der Waals surface area contributed by atoms with Crippen molar-refractivity contribution in [3.63, 3.8) is 0 Å². The van der Waals surface area contributed by atoms with Crippen molar-refractivity contribution in [1.29, 1.82) is 0 Å². The number of halogens is 2. The van der Waals surface area contributed by atoms with E-state index in [1.165, 1.54) is 0 Å². The summed E-state index contributed by atoms with van der Waals surface area (Å²) in [7, 11) is 0. The van der Waals surface area contributed by atoms with Crippen molar-refractivity contribution in [1.82, 2.24) is 15.0 Å². The number of carbonyl (C=O) groups excluding carboxylic acids is 1. The molecule has 1 rings (SSSR count). The second-order valence-corrected chi connectivity index (χ2v) is 2.95. The van der Waals surface area contributed by atoms with E-state index in [4.69, 9.17) is 27.9 Å². The zero-order valence-corrected chi connectivity index (χ0v) is 8.84. The summed E-state index contributed by atoms with van der Waals surface area (Å²) in [5.74, 6) is -0.223. The predicted octanol–water partition coefficient (Wildman–Crippen LogP) is 1.28. The van der Waals surface area contributed by atoms with Crippen LogP contribution in [0.4, 0.5) is 0 Å². The molecular formula is C7H7Cl2N3O2. The average molecular weight is 236 g/mol. The van der Waals surface area contributed by atoms with Crippen LogP contribution in [-0.4, -0.2) is 27.5 Å². The van der Waals surface area contributed by atoms with E-state index in [1.807, 2.05) is 0 Å². The largest absolute Gasteiger partial charge is 0.466 e. The van der Waals surface area contributed by atoms with Crippen LogP contribution in [0.2, 0.25) is 10.6 Å². The Bertz CT molecular complexity index is 325.